The van der Waals surface area contributed by atoms with Crippen LogP contribution in [0.5, 0.6) is 0 Å². The van der Waals surface area contributed by atoms with Gasteiger partial charge in [0.15, 0.2) is 0 Å². The smallest absolute Gasteiger partial charge is 0.127 e. The van der Waals surface area contributed by atoms with Crippen molar-refractivity contribution in [1.29, 1.82) is 0 Å². The third-order valence-electron chi connectivity index (χ3n) is 4.90. The Kier molecular flexibility index (Phi) is 4.02. The van der Waals surface area contributed by atoms with Gasteiger partial charge in [-0.15, -0.1) is 0 Å². The van der Waals surface area contributed by atoms with Crippen LogP contribution in [0.25, 0.3) is 0 Å². The molecule has 2 unspecified atom stereocenters. The zero-order valence-electron chi connectivity index (χ0n) is 11.6. The van der Waals surface area contributed by atoms with Crippen molar-refractivity contribution < 1.29 is 9.13 Å². The van der Waals surface area contributed by atoms with Crippen LogP contribution in [0.1, 0.15) is 37.7 Å². The molecule has 3 rings (SSSR count). The van der Waals surface area contributed by atoms with Crippen LogP contribution < -0.4 is 5.73 Å². The molecule has 2 N–H and O–H groups in total. The molecule has 2 atom stereocenters. The SMILES string of the molecule is NC(Cc1c(F)cccc1Cl)C1CCOC2(CCC2)C1. The summed E-state index contributed by atoms with van der Waals surface area (Å²) >= 11 is 6.09. The molecule has 2 aliphatic rings. The Labute approximate surface area is 124 Å². The van der Waals surface area contributed by atoms with E-state index in [1.54, 1.807) is 12.1 Å². The van der Waals surface area contributed by atoms with E-state index >= 15 is 0 Å². The highest BCUT2D eigenvalue weighted by Crippen LogP contribution is 2.45. The molecule has 2 fully saturated rings. The third-order valence-corrected chi connectivity index (χ3v) is 5.26. The maximum atomic E-state index is 13.8. The van der Waals surface area contributed by atoms with Gasteiger partial charge in [-0.3, -0.25) is 0 Å². The Bertz CT molecular complexity index is 469. The Morgan fingerprint density at radius 2 is 2.25 bits per heavy atom. The number of ether oxygens (including phenoxy) is 1. The average Bonchev–Trinajstić information content (AvgIpc) is 2.41. The molecule has 4 heteroatoms. The first-order chi connectivity index (χ1) is 9.60. The van der Waals surface area contributed by atoms with Crippen molar-refractivity contribution in [2.24, 2.45) is 11.7 Å². The van der Waals surface area contributed by atoms with Crippen molar-refractivity contribution >= 4 is 11.6 Å². The van der Waals surface area contributed by atoms with Gasteiger partial charge in [0.1, 0.15) is 5.82 Å². The zero-order chi connectivity index (χ0) is 14.2. The highest BCUT2D eigenvalue weighted by molar-refractivity contribution is 6.31. The molecular weight excluding hydrogens is 277 g/mol. The number of benzene rings is 1. The largest absolute Gasteiger partial charge is 0.375 e. The summed E-state index contributed by atoms with van der Waals surface area (Å²) in [4.78, 5) is 0. The van der Waals surface area contributed by atoms with Crippen molar-refractivity contribution in [1.82, 2.24) is 0 Å². The molecule has 1 heterocycles. The van der Waals surface area contributed by atoms with Crippen molar-refractivity contribution in [3.8, 4) is 0 Å². The van der Waals surface area contributed by atoms with Crippen LogP contribution in [-0.4, -0.2) is 18.2 Å². The first-order valence-corrected chi connectivity index (χ1v) is 7.80. The van der Waals surface area contributed by atoms with Gasteiger partial charge in [0.05, 0.1) is 5.60 Å². The summed E-state index contributed by atoms with van der Waals surface area (Å²) in [6.45, 7) is 0.781. The van der Waals surface area contributed by atoms with E-state index in [4.69, 9.17) is 22.1 Å². The Hall–Kier alpha value is -0.640. The zero-order valence-corrected chi connectivity index (χ0v) is 12.3. The molecule has 20 heavy (non-hydrogen) atoms. The lowest BCUT2D eigenvalue weighted by Gasteiger charge is -2.48. The van der Waals surface area contributed by atoms with Crippen LogP contribution in [0.3, 0.4) is 0 Å². The fourth-order valence-electron chi connectivity index (χ4n) is 3.48. The van der Waals surface area contributed by atoms with Crippen molar-refractivity contribution in [3.63, 3.8) is 0 Å². The molecule has 1 aromatic carbocycles. The summed E-state index contributed by atoms with van der Waals surface area (Å²) in [6, 6.07) is 4.76. The highest BCUT2D eigenvalue weighted by Gasteiger charge is 2.43. The van der Waals surface area contributed by atoms with Crippen molar-refractivity contribution in [3.05, 3.63) is 34.6 Å². The van der Waals surface area contributed by atoms with Gasteiger partial charge in [0, 0.05) is 23.2 Å². The van der Waals surface area contributed by atoms with Gasteiger partial charge in [-0.25, -0.2) is 4.39 Å². The van der Waals surface area contributed by atoms with Crippen LogP contribution in [0.15, 0.2) is 18.2 Å². The van der Waals surface area contributed by atoms with E-state index in [9.17, 15) is 4.39 Å². The van der Waals surface area contributed by atoms with Gasteiger partial charge < -0.3 is 10.5 Å². The van der Waals surface area contributed by atoms with Crippen LogP contribution in [0.4, 0.5) is 4.39 Å². The van der Waals surface area contributed by atoms with E-state index in [1.165, 1.54) is 12.5 Å². The molecule has 0 aromatic heterocycles. The predicted molar refractivity (Wildman–Crippen MR) is 78.3 cm³/mol. The quantitative estimate of drug-likeness (QED) is 0.923. The van der Waals surface area contributed by atoms with E-state index in [0.717, 1.165) is 32.3 Å². The van der Waals surface area contributed by atoms with E-state index in [0.29, 0.717) is 22.9 Å². The molecule has 1 saturated heterocycles. The minimum atomic E-state index is -0.252. The van der Waals surface area contributed by atoms with Gasteiger partial charge >= 0.3 is 0 Å². The lowest BCUT2D eigenvalue weighted by Crippen LogP contribution is -2.49. The topological polar surface area (TPSA) is 35.2 Å². The fraction of sp³-hybridized carbons (Fsp3) is 0.625. The number of halogens is 2. The molecule has 0 radical (unpaired) electrons. The minimum Gasteiger partial charge on any atom is -0.375 e. The lowest BCUT2D eigenvalue weighted by atomic mass is 9.70. The summed E-state index contributed by atoms with van der Waals surface area (Å²) in [5.74, 6) is 0.151. The van der Waals surface area contributed by atoms with Crippen LogP contribution in [0, 0.1) is 11.7 Å². The maximum absolute atomic E-state index is 13.8. The second kappa shape index (κ2) is 5.63. The number of rotatable bonds is 3. The summed E-state index contributed by atoms with van der Waals surface area (Å²) < 4.78 is 19.8. The normalized spacial score (nSPS) is 26.2. The summed E-state index contributed by atoms with van der Waals surface area (Å²) in [6.07, 6.45) is 6.04. The predicted octanol–water partition coefficient (Wildman–Crippen LogP) is 3.70. The van der Waals surface area contributed by atoms with Crippen LogP contribution >= 0.6 is 11.6 Å². The monoisotopic (exact) mass is 297 g/mol. The Morgan fingerprint density at radius 3 is 2.90 bits per heavy atom. The first-order valence-electron chi connectivity index (χ1n) is 7.42. The minimum absolute atomic E-state index is 0.0502. The molecule has 1 aromatic rings. The highest BCUT2D eigenvalue weighted by atomic mass is 35.5. The van der Waals surface area contributed by atoms with Crippen LogP contribution in [0.2, 0.25) is 5.02 Å². The van der Waals surface area contributed by atoms with E-state index in [-0.39, 0.29) is 17.5 Å². The Morgan fingerprint density at radius 1 is 1.45 bits per heavy atom. The number of hydrogen-bond donors (Lipinski definition) is 1. The standard InChI is InChI=1S/C16H21ClFNO/c17-13-3-1-4-14(18)12(13)9-15(19)11-5-8-20-16(10-11)6-2-7-16/h1,3-4,11,15H,2,5-10,19H2. The van der Waals surface area contributed by atoms with Gasteiger partial charge in [-0.05, 0) is 56.6 Å². The molecule has 1 aliphatic heterocycles. The molecule has 1 aliphatic carbocycles. The molecular formula is C16H21ClFNO. The molecule has 2 nitrogen and oxygen atoms in total. The van der Waals surface area contributed by atoms with E-state index in [1.807, 2.05) is 0 Å². The van der Waals surface area contributed by atoms with Crippen molar-refractivity contribution in [2.45, 2.75) is 50.2 Å². The van der Waals surface area contributed by atoms with E-state index in [2.05, 4.69) is 0 Å². The second-order valence-electron chi connectivity index (χ2n) is 6.21. The summed E-state index contributed by atoms with van der Waals surface area (Å²) in [5, 5.41) is 0.478. The summed E-state index contributed by atoms with van der Waals surface area (Å²) in [5.41, 5.74) is 6.97. The first kappa shape index (κ1) is 14.3. The van der Waals surface area contributed by atoms with Gasteiger partial charge in [-0.2, -0.15) is 0 Å². The molecule has 1 saturated carbocycles. The van der Waals surface area contributed by atoms with Crippen LogP contribution in [-0.2, 0) is 11.2 Å². The molecule has 1 spiro atoms. The van der Waals surface area contributed by atoms with Crippen molar-refractivity contribution in [2.75, 3.05) is 6.61 Å². The Balaban J connectivity index is 1.68. The lowest BCUT2D eigenvalue weighted by molar-refractivity contribution is -0.145. The van der Waals surface area contributed by atoms with E-state index < -0.39 is 0 Å². The number of nitrogens with two attached hydrogens (primary N) is 1. The maximum Gasteiger partial charge on any atom is 0.127 e. The summed E-state index contributed by atoms with van der Waals surface area (Å²) in [7, 11) is 0. The second-order valence-corrected chi connectivity index (χ2v) is 6.61. The third kappa shape index (κ3) is 2.72. The molecule has 0 amide bonds. The average molecular weight is 298 g/mol. The molecule has 110 valence electrons. The number of hydrogen-bond acceptors (Lipinski definition) is 2. The fourth-order valence-corrected chi connectivity index (χ4v) is 3.72. The molecule has 0 bridgehead atoms. The van der Waals surface area contributed by atoms with Gasteiger partial charge in [0.25, 0.3) is 0 Å². The van der Waals surface area contributed by atoms with Gasteiger partial charge in [0.2, 0.25) is 0 Å². The van der Waals surface area contributed by atoms with Gasteiger partial charge in [-0.1, -0.05) is 17.7 Å².